The number of piperidine rings is 1. The van der Waals surface area contributed by atoms with E-state index in [0.717, 1.165) is 31.6 Å². The van der Waals surface area contributed by atoms with Gasteiger partial charge in [-0.2, -0.15) is 0 Å². The molecule has 1 saturated carbocycles. The van der Waals surface area contributed by atoms with Crippen molar-refractivity contribution in [2.45, 2.75) is 38.3 Å². The predicted molar refractivity (Wildman–Crippen MR) is 73.2 cm³/mol. The van der Waals surface area contributed by atoms with Crippen LogP contribution in [0, 0.1) is 5.41 Å². The molecule has 0 bridgehead atoms. The lowest BCUT2D eigenvalue weighted by Gasteiger charge is -2.53. The largest absolute Gasteiger partial charge is 0.465 e. The standard InChI is InChI=1S/C13H19N3O2S/c17-12(18)16(7-10-8-19-9-15-10)11-5-13(6-11)1-3-14-4-2-13/h8-9,11,14H,1-7H2,(H,17,18). The summed E-state index contributed by atoms with van der Waals surface area (Å²) in [5.41, 5.74) is 3.02. The smallest absolute Gasteiger partial charge is 0.407 e. The molecule has 1 spiro atoms. The Morgan fingerprint density at radius 2 is 2.26 bits per heavy atom. The summed E-state index contributed by atoms with van der Waals surface area (Å²) in [4.78, 5) is 17.2. The fraction of sp³-hybridized carbons (Fsp3) is 0.692. The van der Waals surface area contributed by atoms with E-state index in [9.17, 15) is 9.90 Å². The number of hydrogen-bond acceptors (Lipinski definition) is 4. The highest BCUT2D eigenvalue weighted by Gasteiger charge is 2.47. The molecule has 1 aromatic heterocycles. The van der Waals surface area contributed by atoms with Crippen molar-refractivity contribution in [3.8, 4) is 0 Å². The van der Waals surface area contributed by atoms with Gasteiger partial charge in [-0.3, -0.25) is 4.90 Å². The number of rotatable bonds is 3. The number of amides is 1. The maximum absolute atomic E-state index is 11.4. The van der Waals surface area contributed by atoms with Crippen molar-refractivity contribution in [1.29, 1.82) is 0 Å². The molecular weight excluding hydrogens is 262 g/mol. The normalized spacial score (nSPS) is 22.1. The van der Waals surface area contributed by atoms with E-state index in [1.807, 2.05) is 5.38 Å². The number of nitrogens with zero attached hydrogens (tertiary/aromatic N) is 2. The number of carbonyl (C=O) groups is 1. The Hall–Kier alpha value is -1.14. The molecular formula is C13H19N3O2S. The van der Waals surface area contributed by atoms with Crippen molar-refractivity contribution in [3.63, 3.8) is 0 Å². The van der Waals surface area contributed by atoms with E-state index >= 15 is 0 Å². The van der Waals surface area contributed by atoms with Crippen molar-refractivity contribution in [1.82, 2.24) is 15.2 Å². The number of nitrogens with one attached hydrogen (secondary N) is 1. The third-order valence-corrected chi connectivity index (χ3v) is 5.14. The average Bonchev–Trinajstić information content (AvgIpc) is 2.87. The SMILES string of the molecule is O=C(O)N(Cc1cscn1)C1CC2(CCNCC2)C1. The second-order valence-corrected chi connectivity index (χ2v) is 6.42. The van der Waals surface area contributed by atoms with Gasteiger partial charge < -0.3 is 10.4 Å². The summed E-state index contributed by atoms with van der Waals surface area (Å²) in [5, 5.41) is 14.7. The molecule has 1 amide bonds. The van der Waals surface area contributed by atoms with Gasteiger partial charge >= 0.3 is 6.09 Å². The second kappa shape index (κ2) is 5.09. The molecule has 3 rings (SSSR count). The molecule has 1 saturated heterocycles. The van der Waals surface area contributed by atoms with Gasteiger partial charge in [0.15, 0.2) is 0 Å². The lowest BCUT2D eigenvalue weighted by Crippen LogP contribution is -2.55. The molecule has 2 fully saturated rings. The van der Waals surface area contributed by atoms with Crippen LogP contribution in [0.1, 0.15) is 31.4 Å². The summed E-state index contributed by atoms with van der Waals surface area (Å²) in [5.74, 6) is 0. The quantitative estimate of drug-likeness (QED) is 0.891. The van der Waals surface area contributed by atoms with Gasteiger partial charge in [-0.1, -0.05) is 0 Å². The van der Waals surface area contributed by atoms with Crippen LogP contribution in [0.15, 0.2) is 10.9 Å². The summed E-state index contributed by atoms with van der Waals surface area (Å²) >= 11 is 1.51. The molecule has 2 N–H and O–H groups in total. The lowest BCUT2D eigenvalue weighted by atomic mass is 9.60. The Morgan fingerprint density at radius 1 is 1.53 bits per heavy atom. The molecule has 104 valence electrons. The van der Waals surface area contributed by atoms with Gasteiger partial charge in [0.2, 0.25) is 0 Å². The molecule has 1 aliphatic heterocycles. The van der Waals surface area contributed by atoms with E-state index in [1.54, 1.807) is 10.4 Å². The first-order valence-corrected chi connectivity index (χ1v) is 7.70. The Bertz CT molecular complexity index is 435. The van der Waals surface area contributed by atoms with Crippen LogP contribution in [0.3, 0.4) is 0 Å². The minimum absolute atomic E-state index is 0.178. The van der Waals surface area contributed by atoms with Gasteiger partial charge in [-0.05, 0) is 44.2 Å². The lowest BCUT2D eigenvalue weighted by molar-refractivity contribution is -0.0164. The molecule has 5 nitrogen and oxygen atoms in total. The molecule has 0 unspecified atom stereocenters. The molecule has 2 aliphatic rings. The number of carboxylic acid groups (broad SMARTS) is 1. The molecule has 6 heteroatoms. The van der Waals surface area contributed by atoms with Crippen LogP contribution in [-0.4, -0.2) is 40.2 Å². The zero-order chi connectivity index (χ0) is 13.3. The highest BCUT2D eigenvalue weighted by molar-refractivity contribution is 7.07. The minimum atomic E-state index is -0.818. The number of hydrogen-bond donors (Lipinski definition) is 2. The molecule has 19 heavy (non-hydrogen) atoms. The Labute approximate surface area is 116 Å². The van der Waals surface area contributed by atoms with Crippen LogP contribution in [-0.2, 0) is 6.54 Å². The van der Waals surface area contributed by atoms with Gasteiger partial charge in [0.25, 0.3) is 0 Å². The van der Waals surface area contributed by atoms with E-state index < -0.39 is 6.09 Å². The van der Waals surface area contributed by atoms with Crippen LogP contribution in [0.2, 0.25) is 0 Å². The first kappa shape index (κ1) is 12.9. The zero-order valence-electron chi connectivity index (χ0n) is 10.8. The zero-order valence-corrected chi connectivity index (χ0v) is 11.7. The van der Waals surface area contributed by atoms with Crippen molar-refractivity contribution < 1.29 is 9.90 Å². The molecule has 0 atom stereocenters. The van der Waals surface area contributed by atoms with Crippen LogP contribution in [0.5, 0.6) is 0 Å². The summed E-state index contributed by atoms with van der Waals surface area (Å²) < 4.78 is 0. The number of thiazole rings is 1. The van der Waals surface area contributed by atoms with Gasteiger partial charge in [-0.25, -0.2) is 9.78 Å². The van der Waals surface area contributed by atoms with Gasteiger partial charge in [0, 0.05) is 11.4 Å². The van der Waals surface area contributed by atoms with E-state index in [-0.39, 0.29) is 6.04 Å². The maximum atomic E-state index is 11.4. The predicted octanol–water partition coefficient (Wildman–Crippen LogP) is 2.16. The fourth-order valence-electron chi connectivity index (χ4n) is 3.37. The summed E-state index contributed by atoms with van der Waals surface area (Å²) in [7, 11) is 0. The Balaban J connectivity index is 1.61. The van der Waals surface area contributed by atoms with E-state index in [1.165, 1.54) is 24.2 Å². The second-order valence-electron chi connectivity index (χ2n) is 5.70. The average molecular weight is 281 g/mol. The molecule has 2 heterocycles. The number of aromatic nitrogens is 1. The Kier molecular flexibility index (Phi) is 3.45. The van der Waals surface area contributed by atoms with Crippen molar-refractivity contribution >= 4 is 17.4 Å². The fourth-order valence-corrected chi connectivity index (χ4v) is 3.92. The van der Waals surface area contributed by atoms with Gasteiger partial charge in [0.05, 0.1) is 17.7 Å². The highest BCUT2D eigenvalue weighted by atomic mass is 32.1. The van der Waals surface area contributed by atoms with Crippen molar-refractivity contribution in [3.05, 3.63) is 16.6 Å². The molecule has 0 aromatic carbocycles. The van der Waals surface area contributed by atoms with Crippen molar-refractivity contribution in [2.24, 2.45) is 5.41 Å². The highest BCUT2D eigenvalue weighted by Crippen LogP contribution is 2.50. The molecule has 1 aromatic rings. The monoisotopic (exact) mass is 281 g/mol. The third kappa shape index (κ3) is 2.60. The minimum Gasteiger partial charge on any atom is -0.465 e. The Morgan fingerprint density at radius 3 is 2.84 bits per heavy atom. The van der Waals surface area contributed by atoms with E-state index in [0.29, 0.717) is 12.0 Å². The summed E-state index contributed by atoms with van der Waals surface area (Å²) in [6.07, 6.45) is 3.60. The van der Waals surface area contributed by atoms with Crippen LogP contribution in [0.25, 0.3) is 0 Å². The van der Waals surface area contributed by atoms with Crippen LogP contribution >= 0.6 is 11.3 Å². The first-order valence-electron chi connectivity index (χ1n) is 6.76. The van der Waals surface area contributed by atoms with Crippen LogP contribution in [0.4, 0.5) is 4.79 Å². The maximum Gasteiger partial charge on any atom is 0.407 e. The first-order chi connectivity index (χ1) is 9.19. The molecule has 1 aliphatic carbocycles. The van der Waals surface area contributed by atoms with Gasteiger partial charge in [0.1, 0.15) is 0 Å². The van der Waals surface area contributed by atoms with E-state index in [4.69, 9.17) is 0 Å². The summed E-state index contributed by atoms with van der Waals surface area (Å²) in [6.45, 7) is 2.58. The third-order valence-electron chi connectivity index (χ3n) is 4.50. The topological polar surface area (TPSA) is 65.5 Å². The van der Waals surface area contributed by atoms with Crippen molar-refractivity contribution in [2.75, 3.05) is 13.1 Å². The van der Waals surface area contributed by atoms with Gasteiger partial charge in [-0.15, -0.1) is 11.3 Å². The van der Waals surface area contributed by atoms with E-state index in [2.05, 4.69) is 10.3 Å². The molecule has 0 radical (unpaired) electrons. The summed E-state index contributed by atoms with van der Waals surface area (Å²) in [6, 6.07) is 0.178. The van der Waals surface area contributed by atoms with Crippen LogP contribution < -0.4 is 5.32 Å².